The molecule has 1 fully saturated rings. The normalized spacial score (nSPS) is 26.5. The van der Waals surface area contributed by atoms with E-state index in [-0.39, 0.29) is 23.7 Å². The molecule has 1 amide bonds. The topological polar surface area (TPSA) is 113 Å². The Balaban J connectivity index is 2.02. The van der Waals surface area contributed by atoms with Gasteiger partial charge in [0.15, 0.2) is 0 Å². The highest BCUT2D eigenvalue weighted by Gasteiger charge is 2.35. The first kappa shape index (κ1) is 15.9. The van der Waals surface area contributed by atoms with Crippen molar-refractivity contribution in [1.29, 1.82) is 0 Å². The number of aliphatic hydroxyl groups is 1. The van der Waals surface area contributed by atoms with E-state index in [2.05, 4.69) is 26.2 Å². The minimum atomic E-state index is -0.806. The SMILES string of the molecule is CC(Br)C(=O)NC[C@H]1O[C@@H](n2ccc(=O)[nH]c2=O)C[C@@H]1O. The summed E-state index contributed by atoms with van der Waals surface area (Å²) in [4.78, 5) is 35.9. The zero-order chi connectivity index (χ0) is 15.6. The molecule has 1 aliphatic rings. The maximum Gasteiger partial charge on any atom is 0.330 e. The summed E-state index contributed by atoms with van der Waals surface area (Å²) in [5.41, 5.74) is -1.09. The number of rotatable bonds is 4. The van der Waals surface area contributed by atoms with Crippen LogP contribution < -0.4 is 16.6 Å². The predicted molar refractivity (Wildman–Crippen MR) is 77.3 cm³/mol. The molecule has 0 bridgehead atoms. The number of ether oxygens (including phenoxy) is 1. The van der Waals surface area contributed by atoms with E-state index in [0.29, 0.717) is 0 Å². The number of nitrogens with zero attached hydrogens (tertiary/aromatic N) is 1. The van der Waals surface area contributed by atoms with Gasteiger partial charge in [-0.15, -0.1) is 0 Å². The number of carbonyl (C=O) groups is 1. The molecule has 2 rings (SSSR count). The highest BCUT2D eigenvalue weighted by molar-refractivity contribution is 9.10. The fourth-order valence-electron chi connectivity index (χ4n) is 2.07. The van der Waals surface area contributed by atoms with Crippen LogP contribution in [0.1, 0.15) is 19.6 Å². The lowest BCUT2D eigenvalue weighted by Crippen LogP contribution is -2.39. The zero-order valence-electron chi connectivity index (χ0n) is 11.3. The first-order valence-electron chi connectivity index (χ1n) is 6.45. The molecule has 1 unspecified atom stereocenters. The fourth-order valence-corrected chi connectivity index (χ4v) is 2.23. The van der Waals surface area contributed by atoms with Crippen molar-refractivity contribution in [3.05, 3.63) is 33.1 Å². The van der Waals surface area contributed by atoms with Gasteiger partial charge >= 0.3 is 5.69 Å². The van der Waals surface area contributed by atoms with Gasteiger partial charge in [-0.05, 0) is 6.92 Å². The van der Waals surface area contributed by atoms with Crippen LogP contribution >= 0.6 is 15.9 Å². The van der Waals surface area contributed by atoms with Crippen molar-refractivity contribution in [3.8, 4) is 0 Å². The van der Waals surface area contributed by atoms with Crippen LogP contribution in [-0.2, 0) is 9.53 Å². The predicted octanol–water partition coefficient (Wildman–Crippen LogP) is -0.915. The van der Waals surface area contributed by atoms with Crippen molar-refractivity contribution in [1.82, 2.24) is 14.9 Å². The average molecular weight is 362 g/mol. The van der Waals surface area contributed by atoms with E-state index in [4.69, 9.17) is 4.74 Å². The number of aliphatic hydroxyl groups excluding tert-OH is 1. The van der Waals surface area contributed by atoms with E-state index in [1.807, 2.05) is 0 Å². The van der Waals surface area contributed by atoms with Gasteiger partial charge < -0.3 is 15.2 Å². The van der Waals surface area contributed by atoms with Crippen LogP contribution in [0.25, 0.3) is 0 Å². The molecule has 116 valence electrons. The molecule has 0 aromatic carbocycles. The molecule has 1 aromatic rings. The highest BCUT2D eigenvalue weighted by Crippen LogP contribution is 2.27. The standard InChI is InChI=1S/C12H16BrN3O5/c1-6(13)11(19)14-5-8-7(17)4-10(21-8)16-3-2-9(18)15-12(16)20/h2-3,6-8,10,17H,4-5H2,1H3,(H,14,19)(H,15,18,20)/t6?,7-,8+,10+/m0/s1. The summed E-state index contributed by atoms with van der Waals surface area (Å²) in [6.07, 6.45) is -0.562. The van der Waals surface area contributed by atoms with Crippen LogP contribution in [0.4, 0.5) is 0 Å². The van der Waals surface area contributed by atoms with Gasteiger partial charge in [-0.1, -0.05) is 15.9 Å². The third-order valence-electron chi connectivity index (χ3n) is 3.20. The minimum absolute atomic E-state index is 0.143. The lowest BCUT2D eigenvalue weighted by Gasteiger charge is -2.17. The third-order valence-corrected chi connectivity index (χ3v) is 3.62. The maximum absolute atomic E-state index is 11.7. The Hall–Kier alpha value is -1.45. The smallest absolute Gasteiger partial charge is 0.330 e. The van der Waals surface area contributed by atoms with Gasteiger partial charge in [-0.3, -0.25) is 19.1 Å². The second-order valence-corrected chi connectivity index (χ2v) is 6.18. The molecule has 2 heterocycles. The maximum atomic E-state index is 11.7. The Morgan fingerprint density at radius 3 is 3.00 bits per heavy atom. The molecule has 21 heavy (non-hydrogen) atoms. The van der Waals surface area contributed by atoms with Crippen molar-refractivity contribution in [3.63, 3.8) is 0 Å². The zero-order valence-corrected chi connectivity index (χ0v) is 12.9. The molecular formula is C12H16BrN3O5. The molecule has 0 saturated carbocycles. The molecule has 0 spiro atoms. The van der Waals surface area contributed by atoms with E-state index in [9.17, 15) is 19.5 Å². The largest absolute Gasteiger partial charge is 0.390 e. The number of hydrogen-bond donors (Lipinski definition) is 3. The summed E-state index contributed by atoms with van der Waals surface area (Å²) in [5.74, 6) is -0.213. The van der Waals surface area contributed by atoms with Crippen molar-refractivity contribution < 1.29 is 14.6 Å². The number of aromatic nitrogens is 2. The minimum Gasteiger partial charge on any atom is -0.390 e. The Labute approximate surface area is 128 Å². The Kier molecular flexibility index (Phi) is 4.96. The van der Waals surface area contributed by atoms with E-state index in [1.165, 1.54) is 16.8 Å². The molecule has 1 aliphatic heterocycles. The average Bonchev–Trinajstić information content (AvgIpc) is 2.76. The molecule has 8 nitrogen and oxygen atoms in total. The van der Waals surface area contributed by atoms with E-state index in [1.54, 1.807) is 6.92 Å². The van der Waals surface area contributed by atoms with Crippen LogP contribution in [0, 0.1) is 0 Å². The summed E-state index contributed by atoms with van der Waals surface area (Å²) in [5, 5.41) is 12.6. The summed E-state index contributed by atoms with van der Waals surface area (Å²) in [6, 6.07) is 1.21. The molecule has 3 N–H and O–H groups in total. The monoisotopic (exact) mass is 361 g/mol. The quantitative estimate of drug-likeness (QED) is 0.600. The van der Waals surface area contributed by atoms with Gasteiger partial charge in [-0.25, -0.2) is 4.79 Å². The molecule has 0 radical (unpaired) electrons. The molecule has 1 saturated heterocycles. The lowest BCUT2D eigenvalue weighted by atomic mass is 10.2. The second kappa shape index (κ2) is 6.54. The van der Waals surface area contributed by atoms with Crippen molar-refractivity contribution >= 4 is 21.8 Å². The molecule has 4 atom stereocenters. The first-order valence-corrected chi connectivity index (χ1v) is 7.37. The number of amides is 1. The van der Waals surface area contributed by atoms with Gasteiger partial charge in [0, 0.05) is 25.2 Å². The summed E-state index contributed by atoms with van der Waals surface area (Å²) in [7, 11) is 0. The van der Waals surface area contributed by atoms with Crippen LogP contribution in [0.15, 0.2) is 21.9 Å². The van der Waals surface area contributed by atoms with Gasteiger partial charge in [0.25, 0.3) is 5.56 Å². The van der Waals surface area contributed by atoms with Gasteiger partial charge in [0.05, 0.1) is 10.9 Å². The van der Waals surface area contributed by atoms with Crippen LogP contribution in [-0.4, -0.2) is 44.1 Å². The van der Waals surface area contributed by atoms with Crippen molar-refractivity contribution in [2.24, 2.45) is 0 Å². The van der Waals surface area contributed by atoms with Crippen LogP contribution in [0.3, 0.4) is 0 Å². The summed E-state index contributed by atoms with van der Waals surface area (Å²) >= 11 is 3.13. The summed E-state index contributed by atoms with van der Waals surface area (Å²) < 4.78 is 6.78. The Bertz CT molecular complexity index is 626. The molecular weight excluding hydrogens is 346 g/mol. The molecule has 9 heteroatoms. The number of halogens is 1. The molecule has 0 aliphatic carbocycles. The number of aromatic amines is 1. The number of carbonyl (C=O) groups excluding carboxylic acids is 1. The van der Waals surface area contributed by atoms with Crippen LogP contribution in [0.5, 0.6) is 0 Å². The van der Waals surface area contributed by atoms with Gasteiger partial charge in [0.1, 0.15) is 12.3 Å². The van der Waals surface area contributed by atoms with Crippen molar-refractivity contribution in [2.75, 3.05) is 6.54 Å². The van der Waals surface area contributed by atoms with E-state index in [0.717, 1.165) is 0 Å². The second-order valence-electron chi connectivity index (χ2n) is 4.81. The summed E-state index contributed by atoms with van der Waals surface area (Å²) in [6.45, 7) is 1.83. The Morgan fingerprint density at radius 1 is 1.67 bits per heavy atom. The third kappa shape index (κ3) is 3.80. The number of hydrogen-bond acceptors (Lipinski definition) is 5. The fraction of sp³-hybridized carbons (Fsp3) is 0.583. The van der Waals surface area contributed by atoms with Crippen molar-refractivity contribution in [2.45, 2.75) is 36.6 Å². The van der Waals surface area contributed by atoms with E-state index < -0.39 is 29.7 Å². The van der Waals surface area contributed by atoms with Crippen LogP contribution in [0.2, 0.25) is 0 Å². The number of alkyl halides is 1. The highest BCUT2D eigenvalue weighted by atomic mass is 79.9. The molecule has 1 aromatic heterocycles. The van der Waals surface area contributed by atoms with E-state index >= 15 is 0 Å². The van der Waals surface area contributed by atoms with Gasteiger partial charge in [-0.2, -0.15) is 0 Å². The Morgan fingerprint density at radius 2 is 2.38 bits per heavy atom. The van der Waals surface area contributed by atoms with Gasteiger partial charge in [0.2, 0.25) is 5.91 Å². The number of H-pyrrole nitrogens is 1. The number of nitrogens with one attached hydrogen (secondary N) is 2. The lowest BCUT2D eigenvalue weighted by molar-refractivity contribution is -0.121. The first-order chi connectivity index (χ1) is 9.88.